The lowest BCUT2D eigenvalue weighted by Gasteiger charge is -2.42. The summed E-state index contributed by atoms with van der Waals surface area (Å²) in [5, 5.41) is 2.94. The fourth-order valence-corrected chi connectivity index (χ4v) is 4.48. The minimum atomic E-state index is 0.195. The molecule has 0 spiro atoms. The van der Waals surface area contributed by atoms with Crippen LogP contribution in [0.4, 0.5) is 0 Å². The Kier molecular flexibility index (Phi) is 6.11. The Balaban J connectivity index is 1.48. The number of likely N-dealkylation sites (N-methyl/N-ethyl adjacent to an activating group) is 1. The number of piperidine rings is 2. The third-order valence-electron chi connectivity index (χ3n) is 5.88. The normalized spacial score (nSPS) is 26.8. The van der Waals surface area contributed by atoms with E-state index in [1.54, 1.807) is 0 Å². The molecule has 6 nitrogen and oxygen atoms in total. The highest BCUT2D eigenvalue weighted by Gasteiger charge is 2.34. The van der Waals surface area contributed by atoms with E-state index in [0.717, 1.165) is 65.0 Å². The summed E-state index contributed by atoms with van der Waals surface area (Å²) in [5.74, 6) is 0.788. The van der Waals surface area contributed by atoms with Gasteiger partial charge in [0, 0.05) is 38.8 Å². The molecule has 3 saturated heterocycles. The molecule has 0 aromatic rings. The van der Waals surface area contributed by atoms with Gasteiger partial charge in [-0.2, -0.15) is 0 Å². The molecule has 1 unspecified atom stereocenters. The van der Waals surface area contributed by atoms with E-state index in [1.807, 2.05) is 11.9 Å². The van der Waals surface area contributed by atoms with Gasteiger partial charge in [0.15, 0.2) is 0 Å². The second kappa shape index (κ2) is 8.30. The molecule has 1 N–H and O–H groups in total. The predicted molar refractivity (Wildman–Crippen MR) is 93.6 cm³/mol. The topological polar surface area (TPSA) is 55.9 Å². The van der Waals surface area contributed by atoms with Crippen LogP contribution in [-0.2, 0) is 9.59 Å². The largest absolute Gasteiger partial charge is 0.342 e. The third-order valence-corrected chi connectivity index (χ3v) is 5.88. The lowest BCUT2D eigenvalue weighted by atomic mass is 9.93. The monoisotopic (exact) mass is 336 g/mol. The van der Waals surface area contributed by atoms with E-state index in [2.05, 4.69) is 15.1 Å². The van der Waals surface area contributed by atoms with Crippen LogP contribution in [-0.4, -0.2) is 85.4 Å². The number of nitrogens with zero attached hydrogens (tertiary/aromatic N) is 3. The van der Waals surface area contributed by atoms with Crippen molar-refractivity contribution in [1.29, 1.82) is 0 Å². The van der Waals surface area contributed by atoms with Crippen molar-refractivity contribution >= 4 is 11.8 Å². The average Bonchev–Trinajstić information content (AvgIpc) is 3.16. The van der Waals surface area contributed by atoms with E-state index in [0.29, 0.717) is 18.5 Å². The summed E-state index contributed by atoms with van der Waals surface area (Å²) in [5.41, 5.74) is 0. The van der Waals surface area contributed by atoms with Gasteiger partial charge in [-0.3, -0.25) is 14.5 Å². The summed E-state index contributed by atoms with van der Waals surface area (Å²) in [6, 6.07) is 0.540. The molecule has 136 valence electrons. The predicted octanol–water partition coefficient (Wildman–Crippen LogP) is 0.531. The van der Waals surface area contributed by atoms with Crippen LogP contribution in [0.25, 0.3) is 0 Å². The van der Waals surface area contributed by atoms with E-state index < -0.39 is 0 Å². The molecule has 0 bridgehead atoms. The van der Waals surface area contributed by atoms with Gasteiger partial charge < -0.3 is 15.1 Å². The van der Waals surface area contributed by atoms with Crippen LogP contribution in [0.5, 0.6) is 0 Å². The Morgan fingerprint density at radius 1 is 0.917 bits per heavy atom. The van der Waals surface area contributed by atoms with Gasteiger partial charge in [-0.25, -0.2) is 0 Å². The molecule has 0 aromatic carbocycles. The van der Waals surface area contributed by atoms with Gasteiger partial charge in [0.25, 0.3) is 0 Å². The molecule has 3 rings (SSSR count). The Hall–Kier alpha value is -1.14. The molecule has 1 atom stereocenters. The van der Waals surface area contributed by atoms with Crippen molar-refractivity contribution in [1.82, 2.24) is 20.0 Å². The fourth-order valence-electron chi connectivity index (χ4n) is 4.48. The van der Waals surface area contributed by atoms with E-state index in [4.69, 9.17) is 0 Å². The average molecular weight is 336 g/mol. The van der Waals surface area contributed by atoms with E-state index in [-0.39, 0.29) is 11.8 Å². The third kappa shape index (κ3) is 4.09. The molecule has 2 amide bonds. The molecular formula is C18H32N4O2. The molecule has 0 radical (unpaired) electrons. The maximum Gasteiger partial charge on any atom is 0.236 e. The zero-order chi connectivity index (χ0) is 16.9. The molecule has 0 saturated carbocycles. The van der Waals surface area contributed by atoms with Gasteiger partial charge in [-0.05, 0) is 52.1 Å². The molecule has 3 heterocycles. The molecule has 0 aliphatic carbocycles. The van der Waals surface area contributed by atoms with Crippen molar-refractivity contribution in [2.24, 2.45) is 5.92 Å². The quantitative estimate of drug-likeness (QED) is 0.814. The van der Waals surface area contributed by atoms with Crippen LogP contribution in [0.3, 0.4) is 0 Å². The first-order valence-corrected chi connectivity index (χ1v) is 9.64. The van der Waals surface area contributed by atoms with Crippen molar-refractivity contribution < 1.29 is 9.59 Å². The first-order valence-electron chi connectivity index (χ1n) is 9.64. The van der Waals surface area contributed by atoms with Crippen LogP contribution in [0.15, 0.2) is 0 Å². The highest BCUT2D eigenvalue weighted by Crippen LogP contribution is 2.26. The number of carbonyl (C=O) groups excluding carboxylic acids is 2. The maximum absolute atomic E-state index is 12.7. The lowest BCUT2D eigenvalue weighted by molar-refractivity contribution is -0.136. The summed E-state index contributed by atoms with van der Waals surface area (Å²) in [7, 11) is 1.82. The SMILES string of the molecule is CNCC(=O)N1CCC(N2CCCC(C(=O)N3CCCC3)C2)CC1. The van der Waals surface area contributed by atoms with Crippen LogP contribution in [0.2, 0.25) is 0 Å². The molecule has 24 heavy (non-hydrogen) atoms. The molecular weight excluding hydrogens is 304 g/mol. The summed E-state index contributed by atoms with van der Waals surface area (Å²) < 4.78 is 0. The second-order valence-corrected chi connectivity index (χ2v) is 7.51. The molecule has 6 heteroatoms. The number of hydrogen-bond acceptors (Lipinski definition) is 4. The smallest absolute Gasteiger partial charge is 0.236 e. The Labute approximate surface area is 145 Å². The van der Waals surface area contributed by atoms with Gasteiger partial charge in [-0.1, -0.05) is 0 Å². The van der Waals surface area contributed by atoms with Gasteiger partial charge in [-0.15, -0.1) is 0 Å². The summed E-state index contributed by atoms with van der Waals surface area (Å²) in [6.45, 7) is 6.09. The van der Waals surface area contributed by atoms with Crippen molar-refractivity contribution in [3.63, 3.8) is 0 Å². The zero-order valence-electron chi connectivity index (χ0n) is 15.0. The van der Waals surface area contributed by atoms with Crippen LogP contribution in [0, 0.1) is 5.92 Å². The Bertz CT molecular complexity index is 442. The highest BCUT2D eigenvalue weighted by molar-refractivity contribution is 5.79. The van der Waals surface area contributed by atoms with Crippen molar-refractivity contribution in [2.45, 2.75) is 44.6 Å². The van der Waals surface area contributed by atoms with Gasteiger partial charge in [0.1, 0.15) is 0 Å². The van der Waals surface area contributed by atoms with Gasteiger partial charge in [0.05, 0.1) is 12.5 Å². The molecule has 0 aromatic heterocycles. The zero-order valence-corrected chi connectivity index (χ0v) is 15.0. The van der Waals surface area contributed by atoms with Crippen LogP contribution < -0.4 is 5.32 Å². The van der Waals surface area contributed by atoms with Crippen molar-refractivity contribution in [3.8, 4) is 0 Å². The Morgan fingerprint density at radius 2 is 1.62 bits per heavy atom. The van der Waals surface area contributed by atoms with Gasteiger partial charge in [0.2, 0.25) is 11.8 Å². The Morgan fingerprint density at radius 3 is 2.29 bits per heavy atom. The number of carbonyl (C=O) groups is 2. The number of nitrogens with one attached hydrogen (secondary N) is 1. The molecule has 3 aliphatic heterocycles. The fraction of sp³-hybridized carbons (Fsp3) is 0.889. The van der Waals surface area contributed by atoms with Crippen LogP contribution in [0.1, 0.15) is 38.5 Å². The number of hydrogen-bond donors (Lipinski definition) is 1. The van der Waals surface area contributed by atoms with Crippen molar-refractivity contribution in [2.75, 3.05) is 52.9 Å². The van der Waals surface area contributed by atoms with Crippen molar-refractivity contribution in [3.05, 3.63) is 0 Å². The first kappa shape index (κ1) is 17.7. The standard InChI is InChI=1S/C18H32N4O2/c1-19-13-17(23)20-11-6-16(7-12-20)22-10-4-5-15(14-22)18(24)21-8-2-3-9-21/h15-16,19H,2-14H2,1H3. The van der Waals surface area contributed by atoms with Crippen LogP contribution >= 0.6 is 0 Å². The minimum Gasteiger partial charge on any atom is -0.342 e. The first-order chi connectivity index (χ1) is 11.7. The maximum atomic E-state index is 12.7. The molecule has 3 fully saturated rings. The van der Waals surface area contributed by atoms with E-state index in [9.17, 15) is 9.59 Å². The second-order valence-electron chi connectivity index (χ2n) is 7.51. The highest BCUT2D eigenvalue weighted by atomic mass is 16.2. The lowest BCUT2D eigenvalue weighted by Crippen LogP contribution is -2.52. The van der Waals surface area contributed by atoms with E-state index in [1.165, 1.54) is 12.8 Å². The molecule has 3 aliphatic rings. The minimum absolute atomic E-state index is 0.195. The van der Waals surface area contributed by atoms with Gasteiger partial charge >= 0.3 is 0 Å². The summed E-state index contributed by atoms with van der Waals surface area (Å²) in [6.07, 6.45) is 6.59. The van der Waals surface area contributed by atoms with E-state index >= 15 is 0 Å². The summed E-state index contributed by atoms with van der Waals surface area (Å²) >= 11 is 0. The number of amides is 2. The number of likely N-dealkylation sites (tertiary alicyclic amines) is 3. The number of rotatable bonds is 4. The summed E-state index contributed by atoms with van der Waals surface area (Å²) in [4.78, 5) is 31.2.